The van der Waals surface area contributed by atoms with Gasteiger partial charge in [0.25, 0.3) is 0 Å². The SMILES string of the molecule is CC/C=C\C/C=C\C/C=C\C/C=C\C/C=C\CCCC(=O)OC(COC(=O)CCCCCCCCC)COC(=O)CCCCCCCCCCCCCCCCCCCCCCCCC. The van der Waals surface area contributed by atoms with E-state index in [0.717, 1.165) is 77.0 Å². The van der Waals surface area contributed by atoms with E-state index in [2.05, 4.69) is 81.5 Å². The summed E-state index contributed by atoms with van der Waals surface area (Å²) in [6, 6.07) is 0. The lowest BCUT2D eigenvalue weighted by Crippen LogP contribution is -2.30. The third-order valence-electron chi connectivity index (χ3n) is 12.0. The molecule has 0 radical (unpaired) electrons. The van der Waals surface area contributed by atoms with Crippen molar-refractivity contribution in [3.8, 4) is 0 Å². The molecule has 0 aromatic carbocycles. The van der Waals surface area contributed by atoms with Crippen molar-refractivity contribution in [2.24, 2.45) is 0 Å². The summed E-state index contributed by atoms with van der Waals surface area (Å²) in [5.41, 5.74) is 0. The molecule has 0 aliphatic heterocycles. The van der Waals surface area contributed by atoms with Gasteiger partial charge >= 0.3 is 17.9 Å². The van der Waals surface area contributed by atoms with Crippen LogP contribution in [0, 0.1) is 0 Å². The summed E-state index contributed by atoms with van der Waals surface area (Å²) in [5.74, 6) is -0.951. The van der Waals surface area contributed by atoms with Gasteiger partial charge in [0, 0.05) is 19.3 Å². The number of hydrogen-bond acceptors (Lipinski definition) is 6. The van der Waals surface area contributed by atoms with Gasteiger partial charge in [0.2, 0.25) is 0 Å². The maximum atomic E-state index is 12.8. The van der Waals surface area contributed by atoms with Gasteiger partial charge in [-0.05, 0) is 57.8 Å². The summed E-state index contributed by atoms with van der Waals surface area (Å²) in [6.45, 7) is 6.46. The Bertz CT molecular complexity index is 1180. The molecule has 0 aromatic rings. The maximum absolute atomic E-state index is 12.8. The van der Waals surface area contributed by atoms with Crippen LogP contribution in [0.5, 0.6) is 0 Å². The molecule has 0 saturated heterocycles. The van der Waals surface area contributed by atoms with Gasteiger partial charge in [-0.25, -0.2) is 0 Å². The molecule has 1 atom stereocenters. The second-order valence-corrected chi connectivity index (χ2v) is 18.5. The molecule has 65 heavy (non-hydrogen) atoms. The Morgan fingerprint density at radius 3 is 0.923 bits per heavy atom. The molecule has 1 unspecified atom stereocenters. The topological polar surface area (TPSA) is 78.9 Å². The second kappa shape index (κ2) is 53.7. The standard InChI is InChI=1S/C59H104O6/c1-4-7-10-13-16-18-20-22-24-26-27-28-29-30-31-33-34-36-38-40-43-46-49-52-58(61)64-55-56(54-63-57(60)51-48-45-42-15-12-9-6-3)65-59(62)53-50-47-44-41-39-37-35-32-25-23-21-19-17-14-11-8-5-2/h8,11,17,19,23,25,35,37,41,44,56H,4-7,9-10,12-16,18,20-22,24,26-34,36,38-40,42-43,45-55H2,1-3H3/b11-8-,19-17-,25-23-,37-35-,44-41-. The molecule has 6 heteroatoms. The highest BCUT2D eigenvalue weighted by molar-refractivity contribution is 5.71. The van der Waals surface area contributed by atoms with Crippen LogP contribution < -0.4 is 0 Å². The van der Waals surface area contributed by atoms with Gasteiger partial charge in [-0.2, -0.15) is 0 Å². The molecule has 0 bridgehead atoms. The van der Waals surface area contributed by atoms with E-state index in [1.54, 1.807) is 0 Å². The second-order valence-electron chi connectivity index (χ2n) is 18.5. The minimum atomic E-state index is -0.799. The Hall–Kier alpha value is -2.89. The van der Waals surface area contributed by atoms with Crippen LogP contribution in [-0.2, 0) is 28.6 Å². The normalized spacial score (nSPS) is 12.5. The minimum Gasteiger partial charge on any atom is -0.462 e. The first-order chi connectivity index (χ1) is 32.0. The average molecular weight is 909 g/mol. The molecule has 0 spiro atoms. The predicted molar refractivity (Wildman–Crippen MR) is 279 cm³/mol. The van der Waals surface area contributed by atoms with Crippen molar-refractivity contribution in [2.75, 3.05) is 13.2 Å². The first kappa shape index (κ1) is 62.1. The fraction of sp³-hybridized carbons (Fsp3) is 0.780. The number of carbonyl (C=O) groups excluding carboxylic acids is 3. The molecule has 6 nitrogen and oxygen atoms in total. The largest absolute Gasteiger partial charge is 0.462 e. The van der Waals surface area contributed by atoms with Crippen LogP contribution in [0.1, 0.15) is 278 Å². The Kier molecular flexibility index (Phi) is 51.3. The zero-order chi connectivity index (χ0) is 47.2. The third kappa shape index (κ3) is 51.9. The van der Waals surface area contributed by atoms with Gasteiger partial charge in [0.15, 0.2) is 6.10 Å². The molecule has 376 valence electrons. The Labute approximate surface area is 402 Å². The maximum Gasteiger partial charge on any atom is 0.306 e. The van der Waals surface area contributed by atoms with Crippen LogP contribution in [-0.4, -0.2) is 37.2 Å². The number of carbonyl (C=O) groups is 3. The van der Waals surface area contributed by atoms with Crippen molar-refractivity contribution in [3.05, 3.63) is 60.8 Å². The van der Waals surface area contributed by atoms with Crippen LogP contribution in [0.3, 0.4) is 0 Å². The molecular weight excluding hydrogens is 805 g/mol. The molecule has 0 fully saturated rings. The number of allylic oxidation sites excluding steroid dienone is 10. The molecule has 0 aromatic heterocycles. The lowest BCUT2D eigenvalue weighted by atomic mass is 10.0. The summed E-state index contributed by atoms with van der Waals surface area (Å²) >= 11 is 0. The van der Waals surface area contributed by atoms with Gasteiger partial charge in [-0.3, -0.25) is 14.4 Å². The smallest absolute Gasteiger partial charge is 0.306 e. The van der Waals surface area contributed by atoms with Gasteiger partial charge in [0.1, 0.15) is 13.2 Å². The zero-order valence-electron chi connectivity index (χ0n) is 43.0. The molecule has 0 heterocycles. The monoisotopic (exact) mass is 909 g/mol. The molecule has 0 saturated carbocycles. The fourth-order valence-electron chi connectivity index (χ4n) is 7.89. The number of esters is 3. The van der Waals surface area contributed by atoms with Crippen molar-refractivity contribution in [3.63, 3.8) is 0 Å². The summed E-state index contributed by atoms with van der Waals surface area (Å²) in [6.07, 6.45) is 66.8. The summed E-state index contributed by atoms with van der Waals surface area (Å²) in [7, 11) is 0. The van der Waals surface area contributed by atoms with Crippen LogP contribution in [0.25, 0.3) is 0 Å². The number of ether oxygens (including phenoxy) is 3. The third-order valence-corrected chi connectivity index (χ3v) is 12.0. The van der Waals surface area contributed by atoms with E-state index in [9.17, 15) is 14.4 Å². The van der Waals surface area contributed by atoms with Crippen molar-refractivity contribution >= 4 is 17.9 Å². The molecule has 0 amide bonds. The molecule has 0 rings (SSSR count). The van der Waals surface area contributed by atoms with Crippen LogP contribution in [0.15, 0.2) is 60.8 Å². The minimum absolute atomic E-state index is 0.0938. The highest BCUT2D eigenvalue weighted by Gasteiger charge is 2.19. The number of unbranched alkanes of at least 4 members (excludes halogenated alkanes) is 29. The van der Waals surface area contributed by atoms with Crippen LogP contribution >= 0.6 is 0 Å². The summed E-state index contributed by atoms with van der Waals surface area (Å²) in [4.78, 5) is 37.8. The Balaban J connectivity index is 4.22. The summed E-state index contributed by atoms with van der Waals surface area (Å²) < 4.78 is 16.7. The van der Waals surface area contributed by atoms with Crippen molar-refractivity contribution in [1.29, 1.82) is 0 Å². The van der Waals surface area contributed by atoms with Gasteiger partial charge < -0.3 is 14.2 Å². The van der Waals surface area contributed by atoms with E-state index in [1.165, 1.54) is 154 Å². The van der Waals surface area contributed by atoms with Gasteiger partial charge in [0.05, 0.1) is 0 Å². The molecule has 0 N–H and O–H groups in total. The van der Waals surface area contributed by atoms with E-state index < -0.39 is 6.10 Å². The molecular formula is C59H104O6. The highest BCUT2D eigenvalue weighted by Crippen LogP contribution is 2.16. The first-order valence-corrected chi connectivity index (χ1v) is 27.8. The number of hydrogen-bond donors (Lipinski definition) is 0. The highest BCUT2D eigenvalue weighted by atomic mass is 16.6. The zero-order valence-corrected chi connectivity index (χ0v) is 43.0. The van der Waals surface area contributed by atoms with E-state index >= 15 is 0 Å². The fourth-order valence-corrected chi connectivity index (χ4v) is 7.89. The Morgan fingerprint density at radius 1 is 0.323 bits per heavy atom. The van der Waals surface area contributed by atoms with E-state index in [4.69, 9.17) is 14.2 Å². The van der Waals surface area contributed by atoms with Crippen LogP contribution in [0.2, 0.25) is 0 Å². The lowest BCUT2D eigenvalue weighted by molar-refractivity contribution is -0.167. The lowest BCUT2D eigenvalue weighted by Gasteiger charge is -2.18. The van der Waals surface area contributed by atoms with Crippen molar-refractivity contribution < 1.29 is 28.6 Å². The van der Waals surface area contributed by atoms with Crippen LogP contribution in [0.4, 0.5) is 0 Å². The Morgan fingerprint density at radius 2 is 0.600 bits per heavy atom. The first-order valence-electron chi connectivity index (χ1n) is 27.8. The molecule has 0 aliphatic rings. The van der Waals surface area contributed by atoms with Gasteiger partial charge in [-0.1, -0.05) is 261 Å². The van der Waals surface area contributed by atoms with Gasteiger partial charge in [-0.15, -0.1) is 0 Å². The van der Waals surface area contributed by atoms with Crippen molar-refractivity contribution in [2.45, 2.75) is 284 Å². The van der Waals surface area contributed by atoms with E-state index in [-0.39, 0.29) is 37.5 Å². The summed E-state index contributed by atoms with van der Waals surface area (Å²) in [5, 5.41) is 0. The quantitative estimate of drug-likeness (QED) is 0.0262. The predicted octanol–water partition coefficient (Wildman–Crippen LogP) is 18.4. The van der Waals surface area contributed by atoms with E-state index in [0.29, 0.717) is 19.3 Å². The molecule has 0 aliphatic carbocycles. The number of rotatable bonds is 50. The van der Waals surface area contributed by atoms with E-state index in [1.807, 2.05) is 0 Å². The average Bonchev–Trinajstić information content (AvgIpc) is 3.30. The van der Waals surface area contributed by atoms with Crippen molar-refractivity contribution in [1.82, 2.24) is 0 Å².